The molecule has 0 spiro atoms. The third kappa shape index (κ3) is 7.35. The lowest BCUT2D eigenvalue weighted by molar-refractivity contribution is -0.138. The van der Waals surface area contributed by atoms with Crippen molar-refractivity contribution in [2.24, 2.45) is 5.92 Å². The maximum atomic E-state index is 13.0. The van der Waals surface area contributed by atoms with E-state index >= 15 is 0 Å². The highest BCUT2D eigenvalue weighted by Gasteiger charge is 2.67. The van der Waals surface area contributed by atoms with E-state index in [1.165, 1.54) is 24.3 Å². The third-order valence-corrected chi connectivity index (χ3v) is 7.47. The molecule has 7 nitrogen and oxygen atoms in total. The van der Waals surface area contributed by atoms with E-state index in [9.17, 15) is 27.6 Å². The fraction of sp³-hybridized carbons (Fsp3) is 0.375. The van der Waals surface area contributed by atoms with E-state index in [4.69, 9.17) is 58.0 Å². The summed E-state index contributed by atoms with van der Waals surface area (Å²) < 4.78 is 36.4. The van der Waals surface area contributed by atoms with Crippen molar-refractivity contribution < 1.29 is 27.6 Å². The van der Waals surface area contributed by atoms with Crippen LogP contribution in [0.25, 0.3) is 0 Å². The van der Waals surface area contributed by atoms with Gasteiger partial charge < -0.3 is 10.2 Å². The fourth-order valence-corrected chi connectivity index (χ4v) is 5.63. The van der Waals surface area contributed by atoms with Crippen LogP contribution in [0, 0.1) is 5.92 Å². The lowest BCUT2D eigenvalue weighted by Gasteiger charge is -2.20. The maximum Gasteiger partial charge on any atom is 0.406 e. The van der Waals surface area contributed by atoms with Gasteiger partial charge in [0.15, 0.2) is 0 Å². The number of nitrogens with zero attached hydrogens (tertiary/aromatic N) is 2. The van der Waals surface area contributed by atoms with Crippen molar-refractivity contribution in [3.8, 4) is 0 Å². The van der Waals surface area contributed by atoms with Gasteiger partial charge in [-0.05, 0) is 42.0 Å². The Hall–Kier alpha value is -2.11. The van der Waals surface area contributed by atoms with Crippen LogP contribution < -0.4 is 10.7 Å². The number of alkyl halides is 5. The van der Waals surface area contributed by atoms with Gasteiger partial charge in [0.2, 0.25) is 5.91 Å². The molecule has 2 aromatic rings. The third-order valence-electron chi connectivity index (χ3n) is 5.76. The van der Waals surface area contributed by atoms with E-state index < -0.39 is 46.7 Å². The normalized spacial score (nSPS) is 19.8. The second-order valence-corrected chi connectivity index (χ2v) is 11.2. The van der Waals surface area contributed by atoms with Crippen LogP contribution in [0.3, 0.4) is 0 Å². The van der Waals surface area contributed by atoms with Crippen molar-refractivity contribution in [2.75, 3.05) is 25.0 Å². The molecule has 2 N–H and O–H groups in total. The average Bonchev–Trinajstić information content (AvgIpc) is 3.29. The van der Waals surface area contributed by atoms with Gasteiger partial charge in [-0.2, -0.15) is 13.2 Å². The number of hydrazine groups is 1. The Balaban J connectivity index is 0.00000205. The fourth-order valence-electron chi connectivity index (χ4n) is 4.05. The number of hydrogen-bond donors (Lipinski definition) is 2. The molecular weight excluding hydrogens is 627 g/mol. The lowest BCUT2D eigenvalue weighted by Crippen LogP contribution is -2.46. The molecule has 2 aliphatic rings. The number of benzene rings is 2. The Morgan fingerprint density at radius 2 is 1.64 bits per heavy atom. The van der Waals surface area contributed by atoms with Crippen molar-refractivity contribution in [3.05, 3.63) is 62.6 Å². The Labute approximate surface area is 247 Å². The monoisotopic (exact) mass is 646 g/mol. The van der Waals surface area contributed by atoms with Gasteiger partial charge in [0.05, 0.1) is 23.0 Å². The highest BCUT2D eigenvalue weighted by atomic mass is 35.5. The van der Waals surface area contributed by atoms with Gasteiger partial charge in [-0.25, -0.2) is 9.80 Å². The number of halogens is 8. The molecule has 0 bridgehead atoms. The highest BCUT2D eigenvalue weighted by Crippen LogP contribution is 2.65. The van der Waals surface area contributed by atoms with Crippen LogP contribution in [0.15, 0.2) is 36.4 Å². The molecule has 39 heavy (non-hydrogen) atoms. The smallest absolute Gasteiger partial charge is 0.326 e. The van der Waals surface area contributed by atoms with Crippen molar-refractivity contribution in [1.82, 2.24) is 15.3 Å². The summed E-state index contributed by atoms with van der Waals surface area (Å²) in [7, 11) is 0. The van der Waals surface area contributed by atoms with E-state index in [0.29, 0.717) is 20.5 Å². The minimum Gasteiger partial charge on any atom is -0.326 e. The molecule has 2 atom stereocenters. The highest BCUT2D eigenvalue weighted by molar-refractivity contribution is 6.53. The predicted octanol–water partition coefficient (Wildman–Crippen LogP) is 7.14. The molecular formula is C24H22Cl5F3N4O3. The van der Waals surface area contributed by atoms with Crippen LogP contribution in [-0.2, 0) is 4.79 Å². The summed E-state index contributed by atoms with van der Waals surface area (Å²) in [6, 6.07) is 7.74. The lowest BCUT2D eigenvalue weighted by atomic mass is 10.1. The zero-order valence-corrected chi connectivity index (χ0v) is 24.2. The van der Waals surface area contributed by atoms with E-state index in [-0.39, 0.29) is 29.4 Å². The SMILES string of the molecule is CC.O=C(NN1CCN(CC(F)(F)F)C1=O)c1cc(NC(=O)C2C(c3cc(Cl)cc(Cl)c3)C2(Cl)Cl)ccc1Cl. The molecule has 2 fully saturated rings. The molecule has 2 unspecified atom stereocenters. The van der Waals surface area contributed by atoms with E-state index in [0.717, 1.165) is 5.01 Å². The molecule has 0 radical (unpaired) electrons. The van der Waals surface area contributed by atoms with Crippen molar-refractivity contribution in [3.63, 3.8) is 0 Å². The summed E-state index contributed by atoms with van der Waals surface area (Å²) in [5, 5.41) is 4.06. The average molecular weight is 649 g/mol. The number of amides is 4. The first-order chi connectivity index (χ1) is 18.2. The van der Waals surface area contributed by atoms with Gasteiger partial charge in [-0.1, -0.05) is 48.7 Å². The molecule has 4 rings (SSSR count). The Kier molecular flexibility index (Phi) is 9.81. The molecule has 1 saturated carbocycles. The van der Waals surface area contributed by atoms with Gasteiger partial charge in [-0.15, -0.1) is 23.2 Å². The molecule has 1 aliphatic heterocycles. The van der Waals surface area contributed by atoms with E-state index in [1.54, 1.807) is 12.1 Å². The van der Waals surface area contributed by atoms with E-state index in [1.807, 2.05) is 13.8 Å². The number of anilines is 1. The Morgan fingerprint density at radius 1 is 1.03 bits per heavy atom. The summed E-state index contributed by atoms with van der Waals surface area (Å²) in [5.41, 5.74) is 2.86. The molecule has 4 amide bonds. The quantitative estimate of drug-likeness (QED) is 0.327. The van der Waals surface area contributed by atoms with Crippen molar-refractivity contribution >= 4 is 81.5 Å². The largest absolute Gasteiger partial charge is 0.406 e. The van der Waals surface area contributed by atoms with Crippen LogP contribution in [0.5, 0.6) is 0 Å². The standard InChI is InChI=1S/C22H16Cl5F3N4O3.C2H6/c23-11-5-10(6-12(24)7-11)16-17(22(16,26)27)19(36)31-13-1-2-15(25)14(8-13)18(35)32-34-4-3-33(20(34)37)9-21(28,29)30;1-2/h1-2,5-8,16-17H,3-4,9H2,(H,31,36)(H,32,35);1-2H3. The van der Waals surface area contributed by atoms with Crippen molar-refractivity contribution in [1.29, 1.82) is 0 Å². The molecule has 1 saturated heterocycles. The second-order valence-electron chi connectivity index (χ2n) is 8.43. The minimum atomic E-state index is -4.57. The predicted molar refractivity (Wildman–Crippen MR) is 146 cm³/mol. The number of rotatable bonds is 6. The first kappa shape index (κ1) is 31.4. The maximum absolute atomic E-state index is 13.0. The number of nitrogens with one attached hydrogen (secondary N) is 2. The molecule has 1 aliphatic carbocycles. The number of hydrogen-bond acceptors (Lipinski definition) is 3. The molecule has 2 aromatic carbocycles. The van der Waals surface area contributed by atoms with Crippen LogP contribution in [0.1, 0.15) is 35.7 Å². The molecule has 15 heteroatoms. The zero-order chi connectivity index (χ0) is 29.3. The first-order valence-electron chi connectivity index (χ1n) is 11.6. The van der Waals surface area contributed by atoms with E-state index in [2.05, 4.69) is 10.7 Å². The van der Waals surface area contributed by atoms with Gasteiger partial charge >= 0.3 is 12.2 Å². The Bertz CT molecular complexity index is 1260. The van der Waals surface area contributed by atoms with Crippen LogP contribution in [0.2, 0.25) is 15.1 Å². The molecule has 0 aromatic heterocycles. The topological polar surface area (TPSA) is 81.8 Å². The van der Waals surface area contributed by atoms with Crippen LogP contribution >= 0.6 is 58.0 Å². The number of urea groups is 1. The Morgan fingerprint density at radius 3 is 2.23 bits per heavy atom. The summed E-state index contributed by atoms with van der Waals surface area (Å²) >= 11 is 30.9. The second kappa shape index (κ2) is 12.2. The molecule has 1 heterocycles. The summed E-state index contributed by atoms with van der Waals surface area (Å²) in [4.78, 5) is 38.4. The number of carbonyl (C=O) groups is 3. The van der Waals surface area contributed by atoms with Gasteiger partial charge in [-0.3, -0.25) is 15.0 Å². The van der Waals surface area contributed by atoms with Crippen LogP contribution in [-0.4, -0.2) is 57.9 Å². The van der Waals surface area contributed by atoms with Crippen molar-refractivity contribution in [2.45, 2.75) is 30.3 Å². The number of carbonyl (C=O) groups excluding carboxylic acids is 3. The van der Waals surface area contributed by atoms with Gasteiger partial charge in [0, 0.05) is 28.2 Å². The first-order valence-corrected chi connectivity index (χ1v) is 13.4. The summed E-state index contributed by atoms with van der Waals surface area (Å²) in [5.74, 6) is -2.86. The minimum absolute atomic E-state index is 0.0174. The molecule has 212 valence electrons. The van der Waals surface area contributed by atoms with Gasteiger partial charge in [0.25, 0.3) is 5.91 Å². The van der Waals surface area contributed by atoms with Gasteiger partial charge in [0.1, 0.15) is 10.9 Å². The summed E-state index contributed by atoms with van der Waals surface area (Å²) in [6.45, 7) is 2.19. The zero-order valence-electron chi connectivity index (χ0n) is 20.4. The van der Waals surface area contributed by atoms with Crippen LogP contribution in [0.4, 0.5) is 23.7 Å². The summed E-state index contributed by atoms with van der Waals surface area (Å²) in [6.07, 6.45) is -4.57.